The van der Waals surface area contributed by atoms with E-state index < -0.39 is 0 Å². The average Bonchev–Trinajstić information content (AvgIpc) is 2.18. The SMILES string of the molecule is COC(=O)N1CCC(COO)CC1. The van der Waals surface area contributed by atoms with E-state index in [2.05, 4.69) is 9.62 Å². The van der Waals surface area contributed by atoms with E-state index in [4.69, 9.17) is 5.26 Å². The Morgan fingerprint density at radius 2 is 2.15 bits per heavy atom. The molecule has 1 amide bonds. The highest BCUT2D eigenvalue weighted by Crippen LogP contribution is 2.17. The van der Waals surface area contributed by atoms with Crippen LogP contribution in [0.25, 0.3) is 0 Å². The number of nitrogens with zero attached hydrogens (tertiary/aromatic N) is 1. The van der Waals surface area contributed by atoms with Gasteiger partial charge in [0.2, 0.25) is 0 Å². The van der Waals surface area contributed by atoms with E-state index in [1.165, 1.54) is 7.11 Å². The first-order valence-corrected chi connectivity index (χ1v) is 4.37. The van der Waals surface area contributed by atoms with Gasteiger partial charge in [-0.15, -0.1) is 0 Å². The number of carbonyl (C=O) groups is 1. The molecule has 13 heavy (non-hydrogen) atoms. The summed E-state index contributed by atoms with van der Waals surface area (Å²) in [5.74, 6) is 0.353. The predicted octanol–water partition coefficient (Wildman–Crippen LogP) is 0.954. The van der Waals surface area contributed by atoms with Crippen LogP contribution in [0.4, 0.5) is 4.79 Å². The molecular weight excluding hydrogens is 174 g/mol. The fraction of sp³-hybridized carbons (Fsp3) is 0.875. The molecule has 1 aliphatic heterocycles. The van der Waals surface area contributed by atoms with Gasteiger partial charge >= 0.3 is 6.09 Å². The third-order valence-corrected chi connectivity index (χ3v) is 2.36. The molecule has 1 fully saturated rings. The summed E-state index contributed by atoms with van der Waals surface area (Å²) in [5.41, 5.74) is 0. The lowest BCUT2D eigenvalue weighted by atomic mass is 9.98. The molecule has 0 unspecified atom stereocenters. The van der Waals surface area contributed by atoms with Gasteiger partial charge in [-0.3, -0.25) is 5.26 Å². The monoisotopic (exact) mass is 189 g/mol. The maximum Gasteiger partial charge on any atom is 0.409 e. The zero-order valence-electron chi connectivity index (χ0n) is 7.73. The van der Waals surface area contributed by atoms with Gasteiger partial charge in [0, 0.05) is 13.1 Å². The molecule has 1 N–H and O–H groups in total. The standard InChI is InChI=1S/C8H15NO4/c1-12-8(10)9-4-2-7(3-5-9)6-13-11/h7,11H,2-6H2,1H3. The lowest BCUT2D eigenvalue weighted by Crippen LogP contribution is -2.39. The van der Waals surface area contributed by atoms with Crippen molar-refractivity contribution in [3.63, 3.8) is 0 Å². The molecule has 0 aromatic rings. The van der Waals surface area contributed by atoms with Gasteiger partial charge in [0.05, 0.1) is 13.7 Å². The summed E-state index contributed by atoms with van der Waals surface area (Å²) in [5, 5.41) is 8.23. The van der Waals surface area contributed by atoms with Gasteiger partial charge in [0.25, 0.3) is 0 Å². The Morgan fingerprint density at radius 3 is 2.62 bits per heavy atom. The molecule has 5 heteroatoms. The highest BCUT2D eigenvalue weighted by molar-refractivity contribution is 5.67. The fourth-order valence-electron chi connectivity index (χ4n) is 1.52. The molecule has 1 heterocycles. The second-order valence-corrected chi connectivity index (χ2v) is 3.20. The van der Waals surface area contributed by atoms with Crippen molar-refractivity contribution in [2.45, 2.75) is 12.8 Å². The van der Waals surface area contributed by atoms with E-state index in [0.29, 0.717) is 25.6 Å². The van der Waals surface area contributed by atoms with Crippen LogP contribution in [0.5, 0.6) is 0 Å². The Morgan fingerprint density at radius 1 is 1.54 bits per heavy atom. The summed E-state index contributed by atoms with van der Waals surface area (Å²) in [6.45, 7) is 1.72. The topological polar surface area (TPSA) is 59.0 Å². The van der Waals surface area contributed by atoms with Crippen LogP contribution in [0.15, 0.2) is 0 Å². The minimum atomic E-state index is -0.275. The Labute approximate surface area is 77.2 Å². The van der Waals surface area contributed by atoms with Gasteiger partial charge in [-0.1, -0.05) is 0 Å². The van der Waals surface area contributed by atoms with E-state index in [9.17, 15) is 4.79 Å². The highest BCUT2D eigenvalue weighted by Gasteiger charge is 2.22. The van der Waals surface area contributed by atoms with Crippen molar-refractivity contribution in [2.75, 3.05) is 26.8 Å². The highest BCUT2D eigenvalue weighted by atomic mass is 17.1. The van der Waals surface area contributed by atoms with Crippen molar-refractivity contribution in [1.29, 1.82) is 0 Å². The summed E-state index contributed by atoms with van der Waals surface area (Å²) >= 11 is 0. The van der Waals surface area contributed by atoms with E-state index in [1.54, 1.807) is 4.90 Å². The molecule has 0 radical (unpaired) electrons. The number of methoxy groups -OCH3 is 1. The molecule has 0 saturated carbocycles. The van der Waals surface area contributed by atoms with E-state index in [1.807, 2.05) is 0 Å². The van der Waals surface area contributed by atoms with Crippen LogP contribution in [0, 0.1) is 5.92 Å². The largest absolute Gasteiger partial charge is 0.453 e. The Hall–Kier alpha value is -0.810. The molecule has 5 nitrogen and oxygen atoms in total. The first-order valence-electron chi connectivity index (χ1n) is 4.37. The Balaban J connectivity index is 2.26. The van der Waals surface area contributed by atoms with Crippen molar-refractivity contribution in [2.24, 2.45) is 5.92 Å². The second kappa shape index (κ2) is 5.04. The van der Waals surface area contributed by atoms with Gasteiger partial charge in [0.1, 0.15) is 0 Å². The van der Waals surface area contributed by atoms with Gasteiger partial charge in [0.15, 0.2) is 0 Å². The molecule has 0 atom stereocenters. The van der Waals surface area contributed by atoms with E-state index in [-0.39, 0.29) is 6.09 Å². The molecule has 1 aliphatic rings. The van der Waals surface area contributed by atoms with Gasteiger partial charge in [-0.05, 0) is 18.8 Å². The van der Waals surface area contributed by atoms with Crippen molar-refractivity contribution < 1.29 is 19.7 Å². The number of ether oxygens (including phenoxy) is 1. The van der Waals surface area contributed by atoms with Crippen LogP contribution in [-0.4, -0.2) is 43.1 Å². The Kier molecular flexibility index (Phi) is 3.98. The molecule has 0 spiro atoms. The maximum atomic E-state index is 11.1. The molecule has 0 aliphatic carbocycles. The van der Waals surface area contributed by atoms with Crippen molar-refractivity contribution in [1.82, 2.24) is 4.90 Å². The van der Waals surface area contributed by atoms with Crippen molar-refractivity contribution >= 4 is 6.09 Å². The number of rotatable bonds is 2. The number of likely N-dealkylation sites (tertiary alicyclic amines) is 1. The molecule has 76 valence electrons. The Bertz CT molecular complexity index is 166. The second-order valence-electron chi connectivity index (χ2n) is 3.20. The van der Waals surface area contributed by atoms with Crippen molar-refractivity contribution in [3.8, 4) is 0 Å². The molecule has 1 saturated heterocycles. The number of hydrogen-bond acceptors (Lipinski definition) is 4. The molecule has 0 aromatic heterocycles. The lowest BCUT2D eigenvalue weighted by Gasteiger charge is -2.29. The number of piperidine rings is 1. The molecule has 1 rings (SSSR count). The predicted molar refractivity (Wildman–Crippen MR) is 45.3 cm³/mol. The number of carbonyl (C=O) groups excluding carboxylic acids is 1. The van der Waals surface area contributed by atoms with Crippen LogP contribution in [0.1, 0.15) is 12.8 Å². The third kappa shape index (κ3) is 2.86. The molecule has 0 aromatic carbocycles. The van der Waals surface area contributed by atoms with E-state index in [0.717, 1.165) is 12.8 Å². The van der Waals surface area contributed by atoms with Gasteiger partial charge in [-0.25, -0.2) is 9.68 Å². The van der Waals surface area contributed by atoms with Crippen LogP contribution >= 0.6 is 0 Å². The minimum absolute atomic E-state index is 0.275. The van der Waals surface area contributed by atoms with Crippen molar-refractivity contribution in [3.05, 3.63) is 0 Å². The lowest BCUT2D eigenvalue weighted by molar-refractivity contribution is -0.252. The van der Waals surface area contributed by atoms with Crippen LogP contribution in [-0.2, 0) is 9.62 Å². The summed E-state index contributed by atoms with van der Waals surface area (Å²) in [4.78, 5) is 16.8. The third-order valence-electron chi connectivity index (χ3n) is 2.36. The average molecular weight is 189 g/mol. The van der Waals surface area contributed by atoms with Gasteiger partial charge in [-0.2, -0.15) is 0 Å². The summed E-state index contributed by atoms with van der Waals surface area (Å²) in [6.07, 6.45) is 1.44. The van der Waals surface area contributed by atoms with E-state index >= 15 is 0 Å². The zero-order chi connectivity index (χ0) is 9.68. The summed E-state index contributed by atoms with van der Waals surface area (Å²) < 4.78 is 4.59. The maximum absolute atomic E-state index is 11.1. The first kappa shape index (κ1) is 10.3. The first-order chi connectivity index (χ1) is 6.27. The summed E-state index contributed by atoms with van der Waals surface area (Å²) in [6, 6.07) is 0. The number of hydrogen-bond donors (Lipinski definition) is 1. The van der Waals surface area contributed by atoms with Gasteiger partial charge < -0.3 is 9.64 Å². The van der Waals surface area contributed by atoms with Crippen LogP contribution in [0.3, 0.4) is 0 Å². The zero-order valence-corrected chi connectivity index (χ0v) is 7.73. The van der Waals surface area contributed by atoms with Crippen LogP contribution < -0.4 is 0 Å². The number of amides is 1. The summed E-state index contributed by atoms with van der Waals surface area (Å²) in [7, 11) is 1.38. The fourth-order valence-corrected chi connectivity index (χ4v) is 1.52. The smallest absolute Gasteiger partial charge is 0.409 e. The quantitative estimate of drug-likeness (QED) is 0.519. The normalized spacial score (nSPS) is 18.8. The van der Waals surface area contributed by atoms with Crippen LogP contribution in [0.2, 0.25) is 0 Å². The minimum Gasteiger partial charge on any atom is -0.453 e. The molecular formula is C8H15NO4. The molecule has 0 bridgehead atoms.